The van der Waals surface area contributed by atoms with Crippen molar-refractivity contribution in [2.75, 3.05) is 40.1 Å². The van der Waals surface area contributed by atoms with Gasteiger partial charge in [-0.2, -0.15) is 0 Å². The smallest absolute Gasteiger partial charge is 0.409 e. The van der Waals surface area contributed by atoms with Gasteiger partial charge in [-0.1, -0.05) is 13.0 Å². The number of nitrogens with two attached hydrogens (primary N) is 1. The number of hydrogen-bond donors (Lipinski definition) is 5. The van der Waals surface area contributed by atoms with Crippen LogP contribution in [-0.4, -0.2) is 69.9 Å². The van der Waals surface area contributed by atoms with E-state index in [1.165, 1.54) is 6.20 Å². The van der Waals surface area contributed by atoms with Crippen LogP contribution in [0.3, 0.4) is 0 Å². The van der Waals surface area contributed by atoms with Crippen molar-refractivity contribution in [1.29, 1.82) is 0 Å². The molecule has 2 fully saturated rings. The number of benzene rings is 1. The average molecular weight is 534 g/mol. The van der Waals surface area contributed by atoms with E-state index in [1.54, 1.807) is 41.4 Å². The monoisotopic (exact) mass is 533 g/mol. The minimum absolute atomic E-state index is 0.0245. The van der Waals surface area contributed by atoms with E-state index in [4.69, 9.17) is 5.73 Å². The van der Waals surface area contributed by atoms with Gasteiger partial charge in [0.05, 0.1) is 34.9 Å². The number of nitrogens with zero attached hydrogens (tertiary/aromatic N) is 4. The highest BCUT2D eigenvalue weighted by atomic mass is 16.4. The molecule has 5 rings (SSSR count). The number of piperidine rings is 2. The highest BCUT2D eigenvalue weighted by Gasteiger charge is 2.32. The highest BCUT2D eigenvalue weighted by molar-refractivity contribution is 6.11. The molecule has 204 valence electrons. The molecule has 2 aliphatic rings. The van der Waals surface area contributed by atoms with Gasteiger partial charge < -0.3 is 31.1 Å². The molecule has 4 heterocycles. The Labute approximate surface area is 224 Å². The van der Waals surface area contributed by atoms with Gasteiger partial charge in [0.1, 0.15) is 0 Å². The Balaban J connectivity index is 1.49. The van der Waals surface area contributed by atoms with Crippen LogP contribution < -0.4 is 26.2 Å². The van der Waals surface area contributed by atoms with Gasteiger partial charge in [-0.05, 0) is 37.1 Å². The number of carboxylic acid groups (broad SMARTS) is 1. The number of carbonyl (C=O) groups excluding carboxylic acids is 2. The zero-order valence-electron chi connectivity index (χ0n) is 21.5. The fourth-order valence-electron chi connectivity index (χ4n) is 5.24. The second kappa shape index (κ2) is 10.8. The number of hydrogen-bond acceptors (Lipinski definition) is 8. The molecule has 0 bridgehead atoms. The molecular weight excluding hydrogens is 502 g/mol. The summed E-state index contributed by atoms with van der Waals surface area (Å²) in [7, 11) is 0. The van der Waals surface area contributed by atoms with Crippen LogP contribution in [0, 0.1) is 5.92 Å². The number of fused-ring (bicyclic) bond motifs is 1. The Morgan fingerprint density at radius 2 is 1.92 bits per heavy atom. The second-order valence-electron chi connectivity index (χ2n) is 10.1. The quantitative estimate of drug-likeness (QED) is 0.330. The molecule has 2 aliphatic heterocycles. The van der Waals surface area contributed by atoms with E-state index in [2.05, 4.69) is 20.6 Å². The highest BCUT2D eigenvalue weighted by Crippen LogP contribution is 2.31. The second-order valence-corrected chi connectivity index (χ2v) is 10.1. The van der Waals surface area contributed by atoms with Crippen molar-refractivity contribution < 1.29 is 24.6 Å². The van der Waals surface area contributed by atoms with Crippen LogP contribution in [0.5, 0.6) is 0 Å². The SMILES string of the molecule is C[C@H]1CN(c2ccncc2NC(=O)c2nc3cc(N4CCCCC4=O)ccc3cc2NC(=O)O)C[C@@H](N)[C@@H]1O. The maximum Gasteiger partial charge on any atom is 0.409 e. The third-order valence-electron chi connectivity index (χ3n) is 7.24. The Morgan fingerprint density at radius 3 is 2.67 bits per heavy atom. The summed E-state index contributed by atoms with van der Waals surface area (Å²) in [6.45, 7) is 3.43. The molecule has 2 aromatic heterocycles. The molecule has 0 spiro atoms. The van der Waals surface area contributed by atoms with E-state index in [9.17, 15) is 24.6 Å². The van der Waals surface area contributed by atoms with Gasteiger partial charge >= 0.3 is 6.09 Å². The van der Waals surface area contributed by atoms with Crippen LogP contribution in [0.4, 0.5) is 27.5 Å². The number of aliphatic hydroxyl groups excluding tert-OH is 1. The van der Waals surface area contributed by atoms with Crippen LogP contribution in [0.25, 0.3) is 10.9 Å². The molecule has 0 radical (unpaired) electrons. The number of pyridine rings is 2. The van der Waals surface area contributed by atoms with E-state index in [0.29, 0.717) is 54.0 Å². The van der Waals surface area contributed by atoms with E-state index < -0.39 is 24.1 Å². The largest absolute Gasteiger partial charge is 0.465 e. The molecule has 0 aliphatic carbocycles. The van der Waals surface area contributed by atoms with Crippen molar-refractivity contribution in [3.63, 3.8) is 0 Å². The molecule has 0 unspecified atom stereocenters. The van der Waals surface area contributed by atoms with E-state index in [1.807, 2.05) is 11.8 Å². The van der Waals surface area contributed by atoms with E-state index in [0.717, 1.165) is 12.8 Å². The normalized spacial score (nSPS) is 21.6. The van der Waals surface area contributed by atoms with Crippen LogP contribution in [0.1, 0.15) is 36.7 Å². The van der Waals surface area contributed by atoms with Gasteiger partial charge in [-0.25, -0.2) is 9.78 Å². The van der Waals surface area contributed by atoms with Crippen LogP contribution in [-0.2, 0) is 4.79 Å². The number of carbonyl (C=O) groups is 3. The average Bonchev–Trinajstić information content (AvgIpc) is 2.91. The van der Waals surface area contributed by atoms with Gasteiger partial charge in [-0.3, -0.25) is 19.9 Å². The lowest BCUT2D eigenvalue weighted by Crippen LogP contribution is -2.55. The van der Waals surface area contributed by atoms with E-state index >= 15 is 0 Å². The first kappa shape index (κ1) is 26.3. The number of nitrogens with one attached hydrogen (secondary N) is 2. The van der Waals surface area contributed by atoms with Crippen molar-refractivity contribution in [3.05, 3.63) is 48.4 Å². The predicted octanol–water partition coefficient (Wildman–Crippen LogP) is 2.63. The molecule has 0 saturated carbocycles. The number of amides is 3. The topological polar surface area (TPSA) is 174 Å². The third-order valence-corrected chi connectivity index (χ3v) is 7.24. The lowest BCUT2D eigenvalue weighted by atomic mass is 9.92. The summed E-state index contributed by atoms with van der Waals surface area (Å²) in [4.78, 5) is 49.8. The van der Waals surface area contributed by atoms with Crippen molar-refractivity contribution >= 4 is 51.6 Å². The van der Waals surface area contributed by atoms with Crippen molar-refractivity contribution in [1.82, 2.24) is 9.97 Å². The summed E-state index contributed by atoms with van der Waals surface area (Å²) < 4.78 is 0. The van der Waals surface area contributed by atoms with Gasteiger partial charge in [-0.15, -0.1) is 0 Å². The predicted molar refractivity (Wildman–Crippen MR) is 147 cm³/mol. The van der Waals surface area contributed by atoms with Gasteiger partial charge in [0.25, 0.3) is 5.91 Å². The molecular formula is C27H31N7O5. The molecule has 3 amide bonds. The number of aromatic nitrogens is 2. The van der Waals surface area contributed by atoms with Crippen LogP contribution in [0.2, 0.25) is 0 Å². The fraction of sp³-hybridized carbons (Fsp3) is 0.370. The third kappa shape index (κ3) is 5.47. The molecule has 2 saturated heterocycles. The Kier molecular flexibility index (Phi) is 7.31. The first-order valence-electron chi connectivity index (χ1n) is 12.9. The molecule has 3 aromatic rings. The van der Waals surface area contributed by atoms with Gasteiger partial charge in [0.2, 0.25) is 5.91 Å². The maximum atomic E-state index is 13.5. The van der Waals surface area contributed by atoms with Crippen molar-refractivity contribution in [2.24, 2.45) is 11.7 Å². The fourth-order valence-corrected chi connectivity index (χ4v) is 5.24. The van der Waals surface area contributed by atoms with E-state index in [-0.39, 0.29) is 23.2 Å². The Hall–Kier alpha value is -4.29. The zero-order valence-corrected chi connectivity index (χ0v) is 21.5. The molecule has 12 nitrogen and oxygen atoms in total. The summed E-state index contributed by atoms with van der Waals surface area (Å²) in [5, 5.41) is 25.4. The summed E-state index contributed by atoms with van der Waals surface area (Å²) in [5.74, 6) is -0.685. The summed E-state index contributed by atoms with van der Waals surface area (Å²) in [6.07, 6.45) is 3.37. The first-order valence-corrected chi connectivity index (χ1v) is 12.9. The summed E-state index contributed by atoms with van der Waals surface area (Å²) in [5.41, 5.74) is 8.24. The minimum Gasteiger partial charge on any atom is -0.465 e. The number of anilines is 4. The first-order chi connectivity index (χ1) is 18.7. The summed E-state index contributed by atoms with van der Waals surface area (Å²) in [6, 6.07) is 8.11. The van der Waals surface area contributed by atoms with Crippen molar-refractivity contribution in [3.8, 4) is 0 Å². The van der Waals surface area contributed by atoms with Gasteiger partial charge in [0, 0.05) is 55.3 Å². The molecule has 1 aromatic carbocycles. The number of aliphatic hydroxyl groups is 1. The molecule has 6 N–H and O–H groups in total. The van der Waals surface area contributed by atoms with Crippen molar-refractivity contribution in [2.45, 2.75) is 38.3 Å². The van der Waals surface area contributed by atoms with Crippen LogP contribution in [0.15, 0.2) is 42.7 Å². The lowest BCUT2D eigenvalue weighted by Gasteiger charge is -2.40. The standard InChI is InChI=1S/C27H31N7O5/c1-15-13-33(14-18(28)25(15)36)22-7-8-29-12-21(22)31-26(37)24-20(32-27(38)39)10-16-5-6-17(11-19(16)30-24)34-9-3-2-4-23(34)35/h5-8,10-12,15,18,25,32,36H,2-4,9,13-14,28H2,1H3,(H,31,37)(H,38,39)/t15-,18+,25+/m0/s1. The van der Waals surface area contributed by atoms with Gasteiger partial charge in [0.15, 0.2) is 5.69 Å². The minimum atomic E-state index is -1.34. The molecule has 3 atom stereocenters. The molecule has 39 heavy (non-hydrogen) atoms. The summed E-state index contributed by atoms with van der Waals surface area (Å²) >= 11 is 0. The Bertz CT molecular complexity index is 1420. The lowest BCUT2D eigenvalue weighted by molar-refractivity contribution is -0.119. The zero-order chi connectivity index (χ0) is 27.7. The maximum absolute atomic E-state index is 13.5. The molecule has 12 heteroatoms. The van der Waals surface area contributed by atoms with Crippen LogP contribution >= 0.6 is 0 Å². The Morgan fingerprint density at radius 1 is 1.10 bits per heavy atom. The number of rotatable bonds is 5.